The summed E-state index contributed by atoms with van der Waals surface area (Å²) in [4.78, 5) is 12.0. The molecule has 2 N–H and O–H groups in total. The summed E-state index contributed by atoms with van der Waals surface area (Å²) in [5.74, 6) is 0.0720. The molecule has 2 unspecified atom stereocenters. The molecule has 2 atom stereocenters. The van der Waals surface area contributed by atoms with Crippen molar-refractivity contribution in [3.8, 4) is 0 Å². The summed E-state index contributed by atoms with van der Waals surface area (Å²) < 4.78 is 5.81. The molecule has 1 aromatic rings. The first-order chi connectivity index (χ1) is 9.54. The maximum absolute atomic E-state index is 12.0. The molecular formula is C16H22N2O2. The number of benzene rings is 1. The first kappa shape index (κ1) is 13.6. The van der Waals surface area contributed by atoms with E-state index in [0.717, 1.165) is 30.7 Å². The van der Waals surface area contributed by atoms with Crippen molar-refractivity contribution in [2.75, 3.05) is 19.0 Å². The van der Waals surface area contributed by atoms with Crippen LogP contribution < -0.4 is 10.6 Å². The molecule has 0 saturated carbocycles. The van der Waals surface area contributed by atoms with Gasteiger partial charge < -0.3 is 15.4 Å². The molecule has 2 aliphatic rings. The molecule has 0 spiro atoms. The van der Waals surface area contributed by atoms with E-state index in [0.29, 0.717) is 0 Å². The van der Waals surface area contributed by atoms with E-state index in [1.165, 1.54) is 5.56 Å². The maximum Gasteiger partial charge on any atom is 0.234 e. The van der Waals surface area contributed by atoms with Gasteiger partial charge in [-0.25, -0.2) is 0 Å². The Balaban J connectivity index is 1.96. The third kappa shape index (κ3) is 2.03. The van der Waals surface area contributed by atoms with Crippen molar-refractivity contribution in [2.24, 2.45) is 0 Å². The number of ether oxygens (including phenoxy) is 1. The van der Waals surface area contributed by atoms with Gasteiger partial charge in [0.05, 0.1) is 17.6 Å². The van der Waals surface area contributed by atoms with Crippen LogP contribution in [0.3, 0.4) is 0 Å². The van der Waals surface area contributed by atoms with Crippen LogP contribution in [0.2, 0.25) is 0 Å². The molecule has 1 fully saturated rings. The lowest BCUT2D eigenvalue weighted by molar-refractivity contribution is -0.119. The summed E-state index contributed by atoms with van der Waals surface area (Å²) >= 11 is 0. The Kier molecular flexibility index (Phi) is 3.30. The molecule has 1 amide bonds. The number of hydrogen-bond donors (Lipinski definition) is 2. The second-order valence-corrected chi connectivity index (χ2v) is 6.20. The third-order valence-corrected chi connectivity index (χ3v) is 4.54. The van der Waals surface area contributed by atoms with Gasteiger partial charge in [-0.15, -0.1) is 0 Å². The van der Waals surface area contributed by atoms with Crippen LogP contribution in [0.15, 0.2) is 18.2 Å². The molecule has 4 heteroatoms. The lowest BCUT2D eigenvalue weighted by atomic mass is 9.84. The van der Waals surface area contributed by atoms with Crippen LogP contribution in [0.5, 0.6) is 0 Å². The SMILES string of the molecule is CNC(c1ccc2c(c1)C(C)(C)C(=O)N2)C1CCCO1. The lowest BCUT2D eigenvalue weighted by Crippen LogP contribution is -2.30. The van der Waals surface area contributed by atoms with Crippen LogP contribution in [-0.4, -0.2) is 25.7 Å². The minimum Gasteiger partial charge on any atom is -0.376 e. The van der Waals surface area contributed by atoms with Gasteiger partial charge in [0, 0.05) is 12.3 Å². The van der Waals surface area contributed by atoms with Crippen LogP contribution >= 0.6 is 0 Å². The van der Waals surface area contributed by atoms with Crippen LogP contribution in [0.1, 0.15) is 43.9 Å². The Morgan fingerprint density at radius 3 is 2.90 bits per heavy atom. The van der Waals surface area contributed by atoms with Crippen LogP contribution in [0.4, 0.5) is 5.69 Å². The predicted octanol–water partition coefficient (Wildman–Crippen LogP) is 2.36. The van der Waals surface area contributed by atoms with Gasteiger partial charge in [-0.1, -0.05) is 12.1 Å². The monoisotopic (exact) mass is 274 g/mol. The molecular weight excluding hydrogens is 252 g/mol. The van der Waals surface area contributed by atoms with E-state index >= 15 is 0 Å². The minimum absolute atomic E-state index is 0.0720. The van der Waals surface area contributed by atoms with E-state index in [1.54, 1.807) is 0 Å². The van der Waals surface area contributed by atoms with E-state index in [9.17, 15) is 4.79 Å². The van der Waals surface area contributed by atoms with Crippen molar-refractivity contribution in [3.05, 3.63) is 29.3 Å². The summed E-state index contributed by atoms with van der Waals surface area (Å²) in [6, 6.07) is 6.44. The molecule has 108 valence electrons. The number of likely N-dealkylation sites (N-methyl/N-ethyl adjacent to an activating group) is 1. The Labute approximate surface area is 119 Å². The molecule has 3 rings (SSSR count). The number of anilines is 1. The summed E-state index contributed by atoms with van der Waals surface area (Å²) in [6.45, 7) is 4.79. The zero-order valence-corrected chi connectivity index (χ0v) is 12.3. The standard InChI is InChI=1S/C16H22N2O2/c1-16(2)11-9-10(6-7-12(11)18-15(16)19)14(17-3)13-5-4-8-20-13/h6-7,9,13-14,17H,4-5,8H2,1-3H3,(H,18,19). The van der Waals surface area contributed by atoms with Gasteiger partial charge >= 0.3 is 0 Å². The third-order valence-electron chi connectivity index (χ3n) is 4.54. The molecule has 4 nitrogen and oxygen atoms in total. The van der Waals surface area contributed by atoms with E-state index in [-0.39, 0.29) is 18.1 Å². The molecule has 0 aromatic heterocycles. The average molecular weight is 274 g/mol. The Bertz CT molecular complexity index is 533. The van der Waals surface area contributed by atoms with Crippen LogP contribution in [-0.2, 0) is 14.9 Å². The zero-order valence-electron chi connectivity index (χ0n) is 12.3. The van der Waals surface area contributed by atoms with E-state index in [1.807, 2.05) is 27.0 Å². The van der Waals surface area contributed by atoms with Gasteiger partial charge in [-0.3, -0.25) is 4.79 Å². The molecule has 2 heterocycles. The number of rotatable bonds is 3. The number of carbonyl (C=O) groups is 1. The normalized spacial score (nSPS) is 25.4. The molecule has 2 aliphatic heterocycles. The summed E-state index contributed by atoms with van der Waals surface area (Å²) in [5.41, 5.74) is 2.76. The van der Waals surface area contributed by atoms with Gasteiger partial charge in [-0.05, 0) is 50.9 Å². The van der Waals surface area contributed by atoms with Gasteiger partial charge in [-0.2, -0.15) is 0 Å². The molecule has 20 heavy (non-hydrogen) atoms. The predicted molar refractivity (Wildman–Crippen MR) is 78.9 cm³/mol. The van der Waals surface area contributed by atoms with E-state index < -0.39 is 5.41 Å². The van der Waals surface area contributed by atoms with Gasteiger partial charge in [0.2, 0.25) is 5.91 Å². The smallest absolute Gasteiger partial charge is 0.234 e. The first-order valence-electron chi connectivity index (χ1n) is 7.29. The fraction of sp³-hybridized carbons (Fsp3) is 0.562. The largest absolute Gasteiger partial charge is 0.376 e. The second kappa shape index (κ2) is 4.86. The molecule has 0 aliphatic carbocycles. The van der Waals surface area contributed by atoms with Crippen LogP contribution in [0, 0.1) is 0 Å². The summed E-state index contributed by atoms with van der Waals surface area (Å²) in [5, 5.41) is 6.31. The van der Waals surface area contributed by atoms with Crippen molar-refractivity contribution in [1.29, 1.82) is 0 Å². The van der Waals surface area contributed by atoms with Crippen molar-refractivity contribution < 1.29 is 9.53 Å². The highest BCUT2D eigenvalue weighted by atomic mass is 16.5. The zero-order chi connectivity index (χ0) is 14.3. The summed E-state index contributed by atoms with van der Waals surface area (Å²) in [6.07, 6.45) is 2.44. The quantitative estimate of drug-likeness (QED) is 0.889. The lowest BCUT2D eigenvalue weighted by Gasteiger charge is -2.24. The topological polar surface area (TPSA) is 50.4 Å². The highest BCUT2D eigenvalue weighted by molar-refractivity contribution is 6.05. The minimum atomic E-state index is -0.458. The molecule has 1 aromatic carbocycles. The number of fused-ring (bicyclic) bond motifs is 1. The molecule has 0 bridgehead atoms. The fourth-order valence-corrected chi connectivity index (χ4v) is 3.21. The van der Waals surface area contributed by atoms with Crippen LogP contribution in [0.25, 0.3) is 0 Å². The highest BCUT2D eigenvalue weighted by Crippen LogP contribution is 2.39. The summed E-state index contributed by atoms with van der Waals surface area (Å²) in [7, 11) is 1.97. The van der Waals surface area contributed by atoms with Crippen molar-refractivity contribution in [2.45, 2.75) is 44.2 Å². The fourth-order valence-electron chi connectivity index (χ4n) is 3.21. The number of carbonyl (C=O) groups excluding carboxylic acids is 1. The number of amides is 1. The van der Waals surface area contributed by atoms with Crippen molar-refractivity contribution in [1.82, 2.24) is 5.32 Å². The average Bonchev–Trinajstić information content (AvgIpc) is 3.01. The first-order valence-corrected chi connectivity index (χ1v) is 7.29. The molecule has 0 radical (unpaired) electrons. The number of hydrogen-bond acceptors (Lipinski definition) is 3. The second-order valence-electron chi connectivity index (χ2n) is 6.20. The van der Waals surface area contributed by atoms with Crippen molar-refractivity contribution in [3.63, 3.8) is 0 Å². The Morgan fingerprint density at radius 2 is 2.25 bits per heavy atom. The molecule has 1 saturated heterocycles. The van der Waals surface area contributed by atoms with E-state index in [4.69, 9.17) is 4.74 Å². The maximum atomic E-state index is 12.0. The Morgan fingerprint density at radius 1 is 1.45 bits per heavy atom. The van der Waals surface area contributed by atoms with E-state index in [2.05, 4.69) is 22.8 Å². The number of nitrogens with one attached hydrogen (secondary N) is 2. The Hall–Kier alpha value is -1.39. The van der Waals surface area contributed by atoms with Crippen molar-refractivity contribution >= 4 is 11.6 Å². The van der Waals surface area contributed by atoms with Gasteiger partial charge in [0.1, 0.15) is 0 Å². The highest BCUT2D eigenvalue weighted by Gasteiger charge is 2.39. The van der Waals surface area contributed by atoms with Gasteiger partial charge in [0.25, 0.3) is 0 Å². The van der Waals surface area contributed by atoms with Gasteiger partial charge in [0.15, 0.2) is 0 Å².